The highest BCUT2D eigenvalue weighted by Crippen LogP contribution is 2.19. The first kappa shape index (κ1) is 17.2. The first-order valence-corrected chi connectivity index (χ1v) is 7.54. The van der Waals surface area contributed by atoms with E-state index in [1.807, 2.05) is 20.9 Å². The van der Waals surface area contributed by atoms with Crippen molar-refractivity contribution in [2.24, 2.45) is 0 Å². The third-order valence-electron chi connectivity index (χ3n) is 3.46. The highest BCUT2D eigenvalue weighted by atomic mass is 16.5. The SMILES string of the molecule is CCOCC(C)OCC(NC)c1ccc(C(C)C)cc1. The Bertz CT molecular complexity index is 362. The summed E-state index contributed by atoms with van der Waals surface area (Å²) in [5.74, 6) is 0.569. The molecule has 2 unspecified atom stereocenters. The summed E-state index contributed by atoms with van der Waals surface area (Å²) in [5.41, 5.74) is 2.63. The standard InChI is InChI=1S/C17H29NO2/c1-6-19-11-14(4)20-12-17(18-5)16-9-7-15(8-10-16)13(2)3/h7-10,13-14,17-18H,6,11-12H2,1-5H3. The van der Waals surface area contributed by atoms with E-state index in [4.69, 9.17) is 9.47 Å². The van der Waals surface area contributed by atoms with Crippen molar-refractivity contribution in [3.05, 3.63) is 35.4 Å². The molecule has 0 saturated heterocycles. The second kappa shape index (κ2) is 9.11. The zero-order valence-corrected chi connectivity index (χ0v) is 13.5. The fraction of sp³-hybridized carbons (Fsp3) is 0.647. The lowest BCUT2D eigenvalue weighted by Gasteiger charge is -2.20. The summed E-state index contributed by atoms with van der Waals surface area (Å²) >= 11 is 0. The van der Waals surface area contributed by atoms with Crippen molar-refractivity contribution in [3.63, 3.8) is 0 Å². The van der Waals surface area contributed by atoms with Crippen LogP contribution >= 0.6 is 0 Å². The quantitative estimate of drug-likeness (QED) is 0.750. The maximum absolute atomic E-state index is 5.84. The van der Waals surface area contributed by atoms with Crippen molar-refractivity contribution < 1.29 is 9.47 Å². The molecule has 114 valence electrons. The zero-order chi connectivity index (χ0) is 15.0. The molecule has 3 nitrogen and oxygen atoms in total. The van der Waals surface area contributed by atoms with Crippen LogP contribution in [0.15, 0.2) is 24.3 Å². The van der Waals surface area contributed by atoms with Crippen LogP contribution in [0, 0.1) is 0 Å². The van der Waals surface area contributed by atoms with Crippen LogP contribution in [0.4, 0.5) is 0 Å². The van der Waals surface area contributed by atoms with E-state index < -0.39 is 0 Å². The molecule has 0 amide bonds. The minimum atomic E-state index is 0.126. The Hall–Kier alpha value is -0.900. The highest BCUT2D eigenvalue weighted by molar-refractivity contribution is 5.26. The molecule has 0 heterocycles. The third kappa shape index (κ3) is 5.61. The topological polar surface area (TPSA) is 30.5 Å². The highest BCUT2D eigenvalue weighted by Gasteiger charge is 2.12. The van der Waals surface area contributed by atoms with Gasteiger partial charge in [-0.1, -0.05) is 38.1 Å². The number of rotatable bonds is 9. The molecule has 0 aliphatic carbocycles. The van der Waals surface area contributed by atoms with E-state index in [0.29, 0.717) is 19.1 Å². The van der Waals surface area contributed by atoms with Gasteiger partial charge in [-0.25, -0.2) is 0 Å². The molecular weight excluding hydrogens is 250 g/mol. The number of hydrogen-bond acceptors (Lipinski definition) is 3. The largest absolute Gasteiger partial charge is 0.379 e. The predicted octanol–water partition coefficient (Wildman–Crippen LogP) is 3.51. The van der Waals surface area contributed by atoms with Gasteiger partial charge >= 0.3 is 0 Å². The molecule has 1 aromatic rings. The molecule has 1 aromatic carbocycles. The summed E-state index contributed by atoms with van der Waals surface area (Å²) in [7, 11) is 1.97. The molecule has 1 rings (SSSR count). The van der Waals surface area contributed by atoms with Gasteiger partial charge in [-0.15, -0.1) is 0 Å². The van der Waals surface area contributed by atoms with Gasteiger partial charge in [-0.05, 0) is 37.9 Å². The van der Waals surface area contributed by atoms with Gasteiger partial charge in [0.05, 0.1) is 25.4 Å². The summed E-state index contributed by atoms with van der Waals surface area (Å²) in [5, 5.41) is 3.31. The molecule has 0 fully saturated rings. The lowest BCUT2D eigenvalue weighted by Crippen LogP contribution is -2.26. The third-order valence-corrected chi connectivity index (χ3v) is 3.46. The van der Waals surface area contributed by atoms with Gasteiger partial charge in [0.25, 0.3) is 0 Å². The van der Waals surface area contributed by atoms with E-state index in [9.17, 15) is 0 Å². The van der Waals surface area contributed by atoms with Crippen molar-refractivity contribution in [2.45, 2.75) is 45.8 Å². The van der Waals surface area contributed by atoms with Crippen molar-refractivity contribution in [1.29, 1.82) is 0 Å². The molecule has 20 heavy (non-hydrogen) atoms. The Balaban J connectivity index is 2.53. The van der Waals surface area contributed by atoms with Crippen LogP contribution in [0.1, 0.15) is 50.8 Å². The number of hydrogen-bond donors (Lipinski definition) is 1. The minimum Gasteiger partial charge on any atom is -0.379 e. The lowest BCUT2D eigenvalue weighted by molar-refractivity contribution is -0.0110. The first-order valence-electron chi connectivity index (χ1n) is 7.54. The van der Waals surface area contributed by atoms with Gasteiger partial charge in [0.2, 0.25) is 0 Å². The predicted molar refractivity (Wildman–Crippen MR) is 84.2 cm³/mol. The van der Waals surface area contributed by atoms with Crippen LogP contribution in [0.25, 0.3) is 0 Å². The van der Waals surface area contributed by atoms with E-state index in [2.05, 4.69) is 43.4 Å². The summed E-state index contributed by atoms with van der Waals surface area (Å²) < 4.78 is 11.2. The minimum absolute atomic E-state index is 0.126. The summed E-state index contributed by atoms with van der Waals surface area (Å²) in [6.07, 6.45) is 0.126. The average molecular weight is 279 g/mol. The van der Waals surface area contributed by atoms with Gasteiger partial charge < -0.3 is 14.8 Å². The Morgan fingerprint density at radius 2 is 1.60 bits per heavy atom. The Kier molecular flexibility index (Phi) is 7.82. The Labute approximate surface area is 123 Å². The molecule has 0 aliphatic rings. The van der Waals surface area contributed by atoms with Crippen LogP contribution in [-0.4, -0.2) is 33.0 Å². The first-order chi connectivity index (χ1) is 9.58. The van der Waals surface area contributed by atoms with Crippen LogP contribution < -0.4 is 5.32 Å². The van der Waals surface area contributed by atoms with E-state index in [1.54, 1.807) is 0 Å². The molecule has 0 aromatic heterocycles. The van der Waals surface area contributed by atoms with Crippen LogP contribution in [0.3, 0.4) is 0 Å². The molecular formula is C17H29NO2. The van der Waals surface area contributed by atoms with E-state index in [1.165, 1.54) is 11.1 Å². The van der Waals surface area contributed by atoms with Crippen molar-refractivity contribution in [3.8, 4) is 0 Å². The van der Waals surface area contributed by atoms with Crippen LogP contribution in [0.2, 0.25) is 0 Å². The van der Waals surface area contributed by atoms with Gasteiger partial charge in [0.15, 0.2) is 0 Å². The molecule has 0 bridgehead atoms. The molecule has 3 heteroatoms. The summed E-state index contributed by atoms with van der Waals surface area (Å²) in [6, 6.07) is 9.00. The maximum Gasteiger partial charge on any atom is 0.0781 e. The van der Waals surface area contributed by atoms with Gasteiger partial charge in [-0.3, -0.25) is 0 Å². The second-order valence-corrected chi connectivity index (χ2v) is 5.47. The monoisotopic (exact) mass is 279 g/mol. The fourth-order valence-corrected chi connectivity index (χ4v) is 2.05. The van der Waals surface area contributed by atoms with Crippen molar-refractivity contribution >= 4 is 0 Å². The van der Waals surface area contributed by atoms with E-state index >= 15 is 0 Å². The zero-order valence-electron chi connectivity index (χ0n) is 13.5. The van der Waals surface area contributed by atoms with E-state index in [-0.39, 0.29) is 12.1 Å². The number of ether oxygens (including phenoxy) is 2. The van der Waals surface area contributed by atoms with Crippen molar-refractivity contribution in [2.75, 3.05) is 26.9 Å². The number of likely N-dealkylation sites (N-methyl/N-ethyl adjacent to an activating group) is 1. The normalized spacial score (nSPS) is 14.5. The molecule has 0 spiro atoms. The molecule has 0 saturated carbocycles. The second-order valence-electron chi connectivity index (χ2n) is 5.47. The summed E-state index contributed by atoms with van der Waals surface area (Å²) in [6.45, 7) is 10.5. The van der Waals surface area contributed by atoms with Gasteiger partial charge in [0, 0.05) is 6.61 Å². The van der Waals surface area contributed by atoms with Gasteiger partial charge in [-0.2, -0.15) is 0 Å². The molecule has 0 aliphatic heterocycles. The number of benzene rings is 1. The Morgan fingerprint density at radius 3 is 2.10 bits per heavy atom. The number of nitrogens with one attached hydrogen (secondary N) is 1. The van der Waals surface area contributed by atoms with Gasteiger partial charge in [0.1, 0.15) is 0 Å². The average Bonchev–Trinajstić information content (AvgIpc) is 2.46. The van der Waals surface area contributed by atoms with Crippen LogP contribution in [-0.2, 0) is 9.47 Å². The Morgan fingerprint density at radius 1 is 1.00 bits per heavy atom. The lowest BCUT2D eigenvalue weighted by atomic mass is 9.99. The smallest absolute Gasteiger partial charge is 0.0781 e. The fourth-order valence-electron chi connectivity index (χ4n) is 2.05. The maximum atomic E-state index is 5.84. The summed E-state index contributed by atoms with van der Waals surface area (Å²) in [4.78, 5) is 0. The molecule has 0 radical (unpaired) electrons. The molecule has 1 N–H and O–H groups in total. The van der Waals surface area contributed by atoms with Crippen LogP contribution in [0.5, 0.6) is 0 Å². The van der Waals surface area contributed by atoms with E-state index in [0.717, 1.165) is 6.61 Å². The molecule has 2 atom stereocenters. The van der Waals surface area contributed by atoms with Crippen molar-refractivity contribution in [1.82, 2.24) is 5.32 Å².